The van der Waals surface area contributed by atoms with Crippen LogP contribution in [0.2, 0.25) is 0 Å². The van der Waals surface area contributed by atoms with Gasteiger partial charge >= 0.3 is 6.03 Å². The molecule has 0 spiro atoms. The van der Waals surface area contributed by atoms with Crippen LogP contribution in [0, 0.1) is 0 Å². The largest absolute Gasteiger partial charge is 0.338 e. The molecule has 0 radical (unpaired) electrons. The average Bonchev–Trinajstić information content (AvgIpc) is 2.87. The van der Waals surface area contributed by atoms with Crippen molar-refractivity contribution in [2.75, 3.05) is 6.54 Å². The number of carbonyl (C=O) groups excluding carboxylic acids is 1. The van der Waals surface area contributed by atoms with Gasteiger partial charge in [0.15, 0.2) is 0 Å². The number of hydrogen-bond acceptors (Lipinski definition) is 4. The third kappa shape index (κ3) is 3.03. The van der Waals surface area contributed by atoms with E-state index < -0.39 is 0 Å². The standard InChI is InChI=1S/C11H14N6O/c1-2-13-11(18)14-6-9-8-17(16-15-9)10-4-3-5-12-7-10/h3-5,7-8H,2,6H2,1H3,(H2,13,14,18). The lowest BCUT2D eigenvalue weighted by Crippen LogP contribution is -2.34. The maximum absolute atomic E-state index is 11.2. The highest BCUT2D eigenvalue weighted by Gasteiger charge is 2.04. The molecular formula is C11H14N6O. The molecule has 2 rings (SSSR count). The molecule has 0 aromatic carbocycles. The fraction of sp³-hybridized carbons (Fsp3) is 0.273. The van der Waals surface area contributed by atoms with Crippen LogP contribution in [0.1, 0.15) is 12.6 Å². The van der Waals surface area contributed by atoms with Gasteiger partial charge in [0.25, 0.3) is 0 Å². The fourth-order valence-electron chi connectivity index (χ4n) is 1.39. The maximum Gasteiger partial charge on any atom is 0.315 e. The molecule has 94 valence electrons. The van der Waals surface area contributed by atoms with Crippen LogP contribution in [0.3, 0.4) is 0 Å². The van der Waals surface area contributed by atoms with Gasteiger partial charge in [0.1, 0.15) is 5.69 Å². The van der Waals surface area contributed by atoms with E-state index in [1.807, 2.05) is 19.1 Å². The highest BCUT2D eigenvalue weighted by atomic mass is 16.2. The van der Waals surface area contributed by atoms with Gasteiger partial charge in [-0.1, -0.05) is 5.21 Å². The molecule has 2 heterocycles. The number of nitrogens with one attached hydrogen (secondary N) is 2. The smallest absolute Gasteiger partial charge is 0.315 e. The normalized spacial score (nSPS) is 10.1. The summed E-state index contributed by atoms with van der Waals surface area (Å²) in [5, 5.41) is 13.3. The minimum absolute atomic E-state index is 0.214. The van der Waals surface area contributed by atoms with Crippen LogP contribution in [-0.4, -0.2) is 32.6 Å². The van der Waals surface area contributed by atoms with E-state index >= 15 is 0 Å². The Bertz CT molecular complexity index is 509. The van der Waals surface area contributed by atoms with Crippen molar-refractivity contribution in [1.82, 2.24) is 30.6 Å². The lowest BCUT2D eigenvalue weighted by Gasteiger charge is -2.02. The van der Waals surface area contributed by atoms with E-state index in [1.165, 1.54) is 0 Å². The van der Waals surface area contributed by atoms with E-state index in [1.54, 1.807) is 23.3 Å². The number of aromatic nitrogens is 4. The molecule has 7 heteroatoms. The van der Waals surface area contributed by atoms with Gasteiger partial charge in [-0.05, 0) is 19.1 Å². The summed E-state index contributed by atoms with van der Waals surface area (Å²) in [7, 11) is 0. The fourth-order valence-corrected chi connectivity index (χ4v) is 1.39. The van der Waals surface area contributed by atoms with E-state index in [0.717, 1.165) is 5.69 Å². The molecule has 18 heavy (non-hydrogen) atoms. The lowest BCUT2D eigenvalue weighted by atomic mass is 10.4. The van der Waals surface area contributed by atoms with E-state index in [9.17, 15) is 4.79 Å². The van der Waals surface area contributed by atoms with Gasteiger partial charge in [0, 0.05) is 12.7 Å². The molecule has 7 nitrogen and oxygen atoms in total. The molecule has 2 aromatic rings. The summed E-state index contributed by atoms with van der Waals surface area (Å²) in [5.74, 6) is 0. The van der Waals surface area contributed by atoms with Crippen molar-refractivity contribution >= 4 is 6.03 Å². The number of hydrogen-bond donors (Lipinski definition) is 2. The summed E-state index contributed by atoms with van der Waals surface area (Å²) in [6, 6.07) is 3.49. The molecular weight excluding hydrogens is 232 g/mol. The number of pyridine rings is 1. The highest BCUT2D eigenvalue weighted by molar-refractivity contribution is 5.73. The van der Waals surface area contributed by atoms with Crippen LogP contribution in [-0.2, 0) is 6.54 Å². The Morgan fingerprint density at radius 1 is 1.44 bits per heavy atom. The number of rotatable bonds is 4. The zero-order valence-electron chi connectivity index (χ0n) is 10.00. The Kier molecular flexibility index (Phi) is 3.85. The summed E-state index contributed by atoms with van der Waals surface area (Å²) in [5.41, 5.74) is 1.51. The first-order chi connectivity index (χ1) is 8.79. The van der Waals surface area contributed by atoms with Crippen LogP contribution in [0.15, 0.2) is 30.7 Å². The zero-order valence-corrected chi connectivity index (χ0v) is 10.00. The summed E-state index contributed by atoms with van der Waals surface area (Å²) >= 11 is 0. The average molecular weight is 246 g/mol. The van der Waals surface area contributed by atoms with E-state index in [-0.39, 0.29) is 6.03 Å². The molecule has 2 aromatic heterocycles. The predicted octanol–water partition coefficient (Wildman–Crippen LogP) is 0.481. The first-order valence-corrected chi connectivity index (χ1v) is 5.63. The van der Waals surface area contributed by atoms with Crippen LogP contribution in [0.5, 0.6) is 0 Å². The molecule has 0 fully saturated rings. The molecule has 0 unspecified atom stereocenters. The van der Waals surface area contributed by atoms with Crippen LogP contribution < -0.4 is 10.6 Å². The topological polar surface area (TPSA) is 84.7 Å². The van der Waals surface area contributed by atoms with Crippen LogP contribution >= 0.6 is 0 Å². The summed E-state index contributed by atoms with van der Waals surface area (Å²) in [4.78, 5) is 15.2. The van der Waals surface area contributed by atoms with Gasteiger partial charge in [-0.25, -0.2) is 9.48 Å². The first kappa shape index (κ1) is 12.0. The van der Waals surface area contributed by atoms with Gasteiger partial charge in [0.2, 0.25) is 0 Å². The monoisotopic (exact) mass is 246 g/mol. The summed E-state index contributed by atoms with van der Waals surface area (Å²) in [6.45, 7) is 2.79. The Labute approximate surface area is 104 Å². The second-order valence-corrected chi connectivity index (χ2v) is 3.58. The predicted molar refractivity (Wildman–Crippen MR) is 65.1 cm³/mol. The van der Waals surface area contributed by atoms with E-state index in [0.29, 0.717) is 18.8 Å². The summed E-state index contributed by atoms with van der Waals surface area (Å²) < 4.78 is 1.61. The van der Waals surface area contributed by atoms with Crippen molar-refractivity contribution < 1.29 is 4.79 Å². The molecule has 0 aliphatic rings. The Morgan fingerprint density at radius 2 is 2.33 bits per heavy atom. The van der Waals surface area contributed by atoms with Gasteiger partial charge in [-0.15, -0.1) is 5.10 Å². The summed E-state index contributed by atoms with van der Waals surface area (Å²) in [6.07, 6.45) is 5.14. The minimum atomic E-state index is -0.214. The minimum Gasteiger partial charge on any atom is -0.338 e. The lowest BCUT2D eigenvalue weighted by molar-refractivity contribution is 0.241. The third-order valence-corrected chi connectivity index (χ3v) is 2.22. The van der Waals surface area contributed by atoms with Crippen molar-refractivity contribution in [2.24, 2.45) is 0 Å². The molecule has 0 atom stereocenters. The van der Waals surface area contributed by atoms with Gasteiger partial charge in [0.05, 0.1) is 24.6 Å². The Morgan fingerprint density at radius 3 is 3.06 bits per heavy atom. The van der Waals surface area contributed by atoms with E-state index in [4.69, 9.17) is 0 Å². The van der Waals surface area contributed by atoms with Gasteiger partial charge in [-0.3, -0.25) is 4.98 Å². The molecule has 2 amide bonds. The number of amides is 2. The van der Waals surface area contributed by atoms with Crippen molar-refractivity contribution in [2.45, 2.75) is 13.5 Å². The quantitative estimate of drug-likeness (QED) is 0.821. The van der Waals surface area contributed by atoms with Crippen LogP contribution in [0.25, 0.3) is 5.69 Å². The highest BCUT2D eigenvalue weighted by Crippen LogP contribution is 2.03. The Balaban J connectivity index is 1.97. The van der Waals surface area contributed by atoms with Crippen molar-refractivity contribution in [3.05, 3.63) is 36.4 Å². The van der Waals surface area contributed by atoms with Crippen molar-refractivity contribution in [1.29, 1.82) is 0 Å². The number of nitrogens with zero attached hydrogens (tertiary/aromatic N) is 4. The maximum atomic E-state index is 11.2. The first-order valence-electron chi connectivity index (χ1n) is 5.63. The third-order valence-electron chi connectivity index (χ3n) is 2.22. The van der Waals surface area contributed by atoms with Gasteiger partial charge < -0.3 is 10.6 Å². The SMILES string of the molecule is CCNC(=O)NCc1cn(-c2cccnc2)nn1. The number of urea groups is 1. The van der Waals surface area contributed by atoms with Gasteiger partial charge in [-0.2, -0.15) is 0 Å². The molecule has 2 N–H and O–H groups in total. The second-order valence-electron chi connectivity index (χ2n) is 3.58. The Hall–Kier alpha value is -2.44. The van der Waals surface area contributed by atoms with Crippen LogP contribution in [0.4, 0.5) is 4.79 Å². The van der Waals surface area contributed by atoms with Crippen molar-refractivity contribution in [3.8, 4) is 5.69 Å². The van der Waals surface area contributed by atoms with E-state index in [2.05, 4.69) is 25.9 Å². The number of carbonyl (C=O) groups is 1. The molecule has 0 aliphatic heterocycles. The van der Waals surface area contributed by atoms with Crippen molar-refractivity contribution in [3.63, 3.8) is 0 Å². The zero-order chi connectivity index (χ0) is 12.8. The molecule has 0 saturated carbocycles. The second kappa shape index (κ2) is 5.76. The molecule has 0 saturated heterocycles. The molecule has 0 bridgehead atoms. The molecule has 0 aliphatic carbocycles.